The summed E-state index contributed by atoms with van der Waals surface area (Å²) in [7, 11) is 0. The molecule has 6 heteroatoms. The first-order chi connectivity index (χ1) is 13.3. The summed E-state index contributed by atoms with van der Waals surface area (Å²) < 4.78 is 7.26. The van der Waals surface area contributed by atoms with E-state index in [1.807, 2.05) is 66.9 Å². The highest BCUT2D eigenvalue weighted by Gasteiger charge is 2.12. The van der Waals surface area contributed by atoms with Gasteiger partial charge in [0.2, 0.25) is 5.91 Å². The first kappa shape index (κ1) is 16.8. The lowest BCUT2D eigenvalue weighted by molar-refractivity contribution is -0.120. The van der Waals surface area contributed by atoms with Crippen molar-refractivity contribution in [2.24, 2.45) is 0 Å². The Bertz CT molecular complexity index is 1010. The van der Waals surface area contributed by atoms with Gasteiger partial charge in [-0.15, -0.1) is 0 Å². The molecule has 0 unspecified atom stereocenters. The number of hydrogen-bond acceptors (Lipinski definition) is 4. The van der Waals surface area contributed by atoms with E-state index in [4.69, 9.17) is 4.42 Å². The second kappa shape index (κ2) is 7.70. The van der Waals surface area contributed by atoms with Crippen LogP contribution in [0.4, 0.5) is 0 Å². The number of benzene rings is 2. The number of oxazole rings is 1. The van der Waals surface area contributed by atoms with Gasteiger partial charge < -0.3 is 9.73 Å². The SMILES string of the molecule is O=C(Cc1ccc(-n2cccn2)cc1)NCc1ncoc1-c1ccccc1. The maximum Gasteiger partial charge on any atom is 0.224 e. The number of rotatable bonds is 6. The van der Waals surface area contributed by atoms with Gasteiger partial charge in [-0.25, -0.2) is 9.67 Å². The van der Waals surface area contributed by atoms with Crippen LogP contribution in [0.5, 0.6) is 0 Å². The monoisotopic (exact) mass is 358 g/mol. The van der Waals surface area contributed by atoms with Crippen molar-refractivity contribution in [2.45, 2.75) is 13.0 Å². The highest BCUT2D eigenvalue weighted by Crippen LogP contribution is 2.22. The van der Waals surface area contributed by atoms with E-state index in [1.54, 1.807) is 10.9 Å². The lowest BCUT2D eigenvalue weighted by Crippen LogP contribution is -2.25. The van der Waals surface area contributed by atoms with Crippen LogP contribution in [0.25, 0.3) is 17.0 Å². The predicted molar refractivity (Wildman–Crippen MR) is 101 cm³/mol. The summed E-state index contributed by atoms with van der Waals surface area (Å²) in [5.74, 6) is 0.614. The van der Waals surface area contributed by atoms with E-state index in [-0.39, 0.29) is 5.91 Å². The summed E-state index contributed by atoms with van der Waals surface area (Å²) in [6.45, 7) is 0.324. The number of amides is 1. The maximum absolute atomic E-state index is 12.3. The lowest BCUT2D eigenvalue weighted by atomic mass is 10.1. The molecule has 0 spiro atoms. The van der Waals surface area contributed by atoms with Gasteiger partial charge in [0, 0.05) is 18.0 Å². The minimum Gasteiger partial charge on any atom is -0.443 e. The van der Waals surface area contributed by atoms with E-state index in [9.17, 15) is 4.79 Å². The van der Waals surface area contributed by atoms with Crippen molar-refractivity contribution in [3.63, 3.8) is 0 Å². The molecule has 4 aromatic rings. The first-order valence-electron chi connectivity index (χ1n) is 8.63. The van der Waals surface area contributed by atoms with Gasteiger partial charge in [0.1, 0.15) is 5.69 Å². The van der Waals surface area contributed by atoms with E-state index < -0.39 is 0 Å². The average molecular weight is 358 g/mol. The molecule has 4 rings (SSSR count). The van der Waals surface area contributed by atoms with Crippen LogP contribution in [0.1, 0.15) is 11.3 Å². The molecule has 0 saturated heterocycles. The zero-order chi connectivity index (χ0) is 18.5. The molecular weight excluding hydrogens is 340 g/mol. The van der Waals surface area contributed by atoms with Crippen molar-refractivity contribution < 1.29 is 9.21 Å². The van der Waals surface area contributed by atoms with Gasteiger partial charge in [-0.2, -0.15) is 5.10 Å². The standard InChI is InChI=1S/C21H18N4O2/c26-20(13-16-7-9-18(10-8-16)25-12-4-11-24-25)22-14-19-21(27-15-23-19)17-5-2-1-3-6-17/h1-12,15H,13-14H2,(H,22,26). The molecule has 0 aliphatic rings. The molecule has 0 bridgehead atoms. The molecule has 134 valence electrons. The second-order valence-corrected chi connectivity index (χ2v) is 6.06. The van der Waals surface area contributed by atoms with Crippen LogP contribution >= 0.6 is 0 Å². The number of carbonyl (C=O) groups is 1. The Morgan fingerprint density at radius 1 is 1.04 bits per heavy atom. The third-order valence-electron chi connectivity index (χ3n) is 4.20. The topological polar surface area (TPSA) is 73.0 Å². The van der Waals surface area contributed by atoms with Gasteiger partial charge in [0.05, 0.1) is 18.7 Å². The lowest BCUT2D eigenvalue weighted by Gasteiger charge is -2.06. The Balaban J connectivity index is 1.36. The Morgan fingerprint density at radius 2 is 1.85 bits per heavy atom. The summed E-state index contributed by atoms with van der Waals surface area (Å²) in [6, 6.07) is 19.3. The Labute approximate surface area is 156 Å². The number of nitrogens with zero attached hydrogens (tertiary/aromatic N) is 3. The minimum atomic E-state index is -0.0659. The van der Waals surface area contributed by atoms with E-state index in [1.165, 1.54) is 6.39 Å². The number of carbonyl (C=O) groups excluding carboxylic acids is 1. The third kappa shape index (κ3) is 3.95. The van der Waals surface area contributed by atoms with Crippen LogP contribution in [-0.4, -0.2) is 20.7 Å². The Hall–Kier alpha value is -3.67. The van der Waals surface area contributed by atoms with Crippen molar-refractivity contribution in [3.05, 3.63) is 90.7 Å². The fourth-order valence-corrected chi connectivity index (χ4v) is 2.84. The van der Waals surface area contributed by atoms with E-state index in [2.05, 4.69) is 15.4 Å². The van der Waals surface area contributed by atoms with E-state index >= 15 is 0 Å². The van der Waals surface area contributed by atoms with Gasteiger partial charge in [-0.1, -0.05) is 42.5 Å². The number of nitrogens with one attached hydrogen (secondary N) is 1. The predicted octanol–water partition coefficient (Wildman–Crippen LogP) is 3.39. The van der Waals surface area contributed by atoms with Crippen LogP contribution < -0.4 is 5.32 Å². The molecule has 2 heterocycles. The highest BCUT2D eigenvalue weighted by atomic mass is 16.3. The van der Waals surface area contributed by atoms with Gasteiger partial charge in [0.15, 0.2) is 12.2 Å². The van der Waals surface area contributed by atoms with Gasteiger partial charge >= 0.3 is 0 Å². The summed E-state index contributed by atoms with van der Waals surface area (Å²) in [5, 5.41) is 7.10. The van der Waals surface area contributed by atoms with E-state index in [0.717, 1.165) is 16.8 Å². The summed E-state index contributed by atoms with van der Waals surface area (Å²) in [4.78, 5) is 16.5. The van der Waals surface area contributed by atoms with Crippen molar-refractivity contribution in [1.29, 1.82) is 0 Å². The summed E-state index contributed by atoms with van der Waals surface area (Å²) in [5.41, 5.74) is 3.54. The molecule has 2 aromatic carbocycles. The largest absolute Gasteiger partial charge is 0.443 e. The van der Waals surface area contributed by atoms with Crippen molar-refractivity contribution in [1.82, 2.24) is 20.1 Å². The molecule has 0 saturated carbocycles. The van der Waals surface area contributed by atoms with E-state index in [0.29, 0.717) is 24.4 Å². The first-order valence-corrected chi connectivity index (χ1v) is 8.63. The molecule has 1 N–H and O–H groups in total. The second-order valence-electron chi connectivity index (χ2n) is 6.06. The quantitative estimate of drug-likeness (QED) is 0.573. The van der Waals surface area contributed by atoms with Crippen LogP contribution in [0.15, 0.2) is 83.9 Å². The molecule has 1 amide bonds. The van der Waals surface area contributed by atoms with Crippen LogP contribution in [0.3, 0.4) is 0 Å². The number of aromatic nitrogens is 3. The third-order valence-corrected chi connectivity index (χ3v) is 4.20. The summed E-state index contributed by atoms with van der Waals surface area (Å²) in [6.07, 6.45) is 5.31. The van der Waals surface area contributed by atoms with Crippen LogP contribution in [-0.2, 0) is 17.8 Å². The average Bonchev–Trinajstić information content (AvgIpc) is 3.40. The molecule has 6 nitrogen and oxygen atoms in total. The van der Waals surface area contributed by atoms with Crippen LogP contribution in [0.2, 0.25) is 0 Å². The molecule has 0 aliphatic carbocycles. The smallest absolute Gasteiger partial charge is 0.224 e. The highest BCUT2D eigenvalue weighted by molar-refractivity contribution is 5.78. The molecular formula is C21H18N4O2. The zero-order valence-corrected chi connectivity index (χ0v) is 14.6. The molecule has 0 atom stereocenters. The Kier molecular flexibility index (Phi) is 4.78. The van der Waals surface area contributed by atoms with Crippen molar-refractivity contribution >= 4 is 5.91 Å². The zero-order valence-electron chi connectivity index (χ0n) is 14.6. The fraction of sp³-hybridized carbons (Fsp3) is 0.0952. The van der Waals surface area contributed by atoms with Crippen molar-refractivity contribution in [3.8, 4) is 17.0 Å². The fourth-order valence-electron chi connectivity index (χ4n) is 2.84. The Morgan fingerprint density at radius 3 is 2.59 bits per heavy atom. The molecule has 27 heavy (non-hydrogen) atoms. The van der Waals surface area contributed by atoms with Gasteiger partial charge in [-0.3, -0.25) is 4.79 Å². The maximum atomic E-state index is 12.3. The summed E-state index contributed by atoms with van der Waals surface area (Å²) >= 11 is 0. The number of hydrogen-bond donors (Lipinski definition) is 1. The van der Waals surface area contributed by atoms with Gasteiger partial charge in [-0.05, 0) is 23.8 Å². The minimum absolute atomic E-state index is 0.0659. The molecule has 2 aromatic heterocycles. The van der Waals surface area contributed by atoms with Crippen LogP contribution in [0, 0.1) is 0 Å². The van der Waals surface area contributed by atoms with Gasteiger partial charge in [0.25, 0.3) is 0 Å². The molecule has 0 fully saturated rings. The van der Waals surface area contributed by atoms with Crippen molar-refractivity contribution in [2.75, 3.05) is 0 Å². The molecule has 0 aliphatic heterocycles. The normalized spacial score (nSPS) is 10.7. The molecule has 0 radical (unpaired) electrons.